The monoisotopic (exact) mass is 449 g/mol. The van der Waals surface area contributed by atoms with E-state index in [1.807, 2.05) is 43.0 Å². The van der Waals surface area contributed by atoms with Crippen molar-refractivity contribution in [2.45, 2.75) is 46.6 Å². The van der Waals surface area contributed by atoms with Crippen LogP contribution in [0.3, 0.4) is 0 Å². The molecule has 0 fully saturated rings. The van der Waals surface area contributed by atoms with Gasteiger partial charge in [-0.1, -0.05) is 52.0 Å². The Morgan fingerprint density at radius 2 is 1.85 bits per heavy atom. The standard InChI is InChI=1S/C27H32FN3O2/c1-17(2)15-29-24(33)16-31-22-8-6-5-7-20(22)30-21-13-27(3,4)14-23(32)25(21)26(31)18-9-11-19(28)12-10-18/h5-12,17,26,30H,13-16H2,1-4H3,(H,29,33). The highest BCUT2D eigenvalue weighted by molar-refractivity contribution is 6.01. The van der Waals surface area contributed by atoms with Crippen molar-refractivity contribution in [3.8, 4) is 0 Å². The lowest BCUT2D eigenvalue weighted by Gasteiger charge is -2.37. The summed E-state index contributed by atoms with van der Waals surface area (Å²) >= 11 is 0. The van der Waals surface area contributed by atoms with Crippen molar-refractivity contribution in [3.05, 3.63) is 71.2 Å². The van der Waals surface area contributed by atoms with Crippen LogP contribution < -0.4 is 15.5 Å². The Morgan fingerprint density at radius 3 is 2.55 bits per heavy atom. The van der Waals surface area contributed by atoms with Crippen molar-refractivity contribution >= 4 is 23.1 Å². The molecule has 2 N–H and O–H groups in total. The van der Waals surface area contributed by atoms with Gasteiger partial charge in [0.25, 0.3) is 0 Å². The van der Waals surface area contributed by atoms with Crippen LogP contribution in [-0.2, 0) is 9.59 Å². The SMILES string of the molecule is CC(C)CNC(=O)CN1c2ccccc2NC2=C(C(=O)CC(C)(C)C2)C1c1ccc(F)cc1. The fourth-order valence-corrected chi connectivity index (χ4v) is 4.75. The second-order valence-electron chi connectivity index (χ2n) is 10.3. The van der Waals surface area contributed by atoms with E-state index in [0.717, 1.165) is 22.6 Å². The molecule has 1 heterocycles. The molecule has 2 aromatic carbocycles. The number of anilines is 2. The van der Waals surface area contributed by atoms with Gasteiger partial charge in [-0.05, 0) is 47.6 Å². The van der Waals surface area contributed by atoms with Crippen LogP contribution in [0.15, 0.2) is 59.8 Å². The van der Waals surface area contributed by atoms with Crippen LogP contribution in [0.5, 0.6) is 0 Å². The van der Waals surface area contributed by atoms with Gasteiger partial charge >= 0.3 is 0 Å². The van der Waals surface area contributed by atoms with Gasteiger partial charge in [-0.25, -0.2) is 4.39 Å². The molecule has 0 bridgehead atoms. The van der Waals surface area contributed by atoms with E-state index < -0.39 is 6.04 Å². The van der Waals surface area contributed by atoms with Crippen molar-refractivity contribution in [1.29, 1.82) is 0 Å². The topological polar surface area (TPSA) is 61.4 Å². The van der Waals surface area contributed by atoms with Crippen LogP contribution in [0.2, 0.25) is 0 Å². The summed E-state index contributed by atoms with van der Waals surface area (Å²) in [6, 6.07) is 13.6. The average Bonchev–Trinajstić information content (AvgIpc) is 2.87. The first-order valence-electron chi connectivity index (χ1n) is 11.6. The molecule has 1 atom stereocenters. The van der Waals surface area contributed by atoms with Crippen LogP contribution >= 0.6 is 0 Å². The molecule has 0 radical (unpaired) electrons. The second kappa shape index (κ2) is 9.00. The molecular weight excluding hydrogens is 417 g/mol. The van der Waals surface area contributed by atoms with Crippen molar-refractivity contribution in [2.75, 3.05) is 23.3 Å². The smallest absolute Gasteiger partial charge is 0.239 e. The summed E-state index contributed by atoms with van der Waals surface area (Å²) in [7, 11) is 0. The minimum atomic E-state index is -0.495. The van der Waals surface area contributed by atoms with Crippen molar-refractivity contribution < 1.29 is 14.0 Å². The van der Waals surface area contributed by atoms with Crippen LogP contribution in [0.4, 0.5) is 15.8 Å². The van der Waals surface area contributed by atoms with Gasteiger partial charge in [0.2, 0.25) is 5.91 Å². The average molecular weight is 450 g/mol. The molecule has 174 valence electrons. The Balaban J connectivity index is 1.87. The molecule has 0 saturated carbocycles. The number of amides is 1. The molecule has 33 heavy (non-hydrogen) atoms. The van der Waals surface area contributed by atoms with E-state index in [-0.39, 0.29) is 29.5 Å². The quantitative estimate of drug-likeness (QED) is 0.658. The van der Waals surface area contributed by atoms with Gasteiger partial charge < -0.3 is 15.5 Å². The van der Waals surface area contributed by atoms with Gasteiger partial charge in [0.05, 0.1) is 24.0 Å². The molecule has 2 aromatic rings. The molecule has 2 aliphatic rings. The van der Waals surface area contributed by atoms with Crippen LogP contribution in [0, 0.1) is 17.2 Å². The molecule has 1 aliphatic heterocycles. The first kappa shape index (κ1) is 23.0. The third-order valence-electron chi connectivity index (χ3n) is 6.21. The van der Waals surface area contributed by atoms with Gasteiger partial charge in [-0.3, -0.25) is 9.59 Å². The minimum absolute atomic E-state index is 0.0588. The number of para-hydroxylation sites is 2. The zero-order chi connectivity index (χ0) is 23.8. The normalized spacial score (nSPS) is 19.5. The van der Waals surface area contributed by atoms with Gasteiger partial charge in [0.1, 0.15) is 5.82 Å². The van der Waals surface area contributed by atoms with E-state index in [1.165, 1.54) is 12.1 Å². The number of nitrogens with one attached hydrogen (secondary N) is 2. The number of hydrogen-bond donors (Lipinski definition) is 2. The van der Waals surface area contributed by atoms with E-state index in [4.69, 9.17) is 0 Å². The number of carbonyl (C=O) groups excluding carboxylic acids is 2. The Kier molecular flexibility index (Phi) is 6.28. The highest BCUT2D eigenvalue weighted by atomic mass is 19.1. The summed E-state index contributed by atoms with van der Waals surface area (Å²) < 4.78 is 13.8. The third kappa shape index (κ3) is 4.95. The lowest BCUT2D eigenvalue weighted by atomic mass is 9.73. The number of halogens is 1. The number of rotatable bonds is 5. The van der Waals surface area contributed by atoms with Gasteiger partial charge in [-0.15, -0.1) is 0 Å². The Hall–Kier alpha value is -3.15. The second-order valence-corrected chi connectivity index (χ2v) is 10.3. The summed E-state index contributed by atoms with van der Waals surface area (Å²) in [5, 5.41) is 6.52. The number of nitrogens with zero attached hydrogens (tertiary/aromatic N) is 1. The third-order valence-corrected chi connectivity index (χ3v) is 6.21. The zero-order valence-electron chi connectivity index (χ0n) is 19.7. The van der Waals surface area contributed by atoms with Gasteiger partial charge in [-0.2, -0.15) is 0 Å². The lowest BCUT2D eigenvalue weighted by molar-refractivity contribution is -0.120. The molecule has 0 spiro atoms. The van der Waals surface area contributed by atoms with Gasteiger partial charge in [0.15, 0.2) is 5.78 Å². The summed E-state index contributed by atoms with van der Waals surface area (Å²) in [6.45, 7) is 8.95. The fraction of sp³-hybridized carbons (Fsp3) is 0.407. The van der Waals surface area contributed by atoms with Crippen LogP contribution in [0.1, 0.15) is 52.1 Å². The maximum atomic E-state index is 13.8. The predicted molar refractivity (Wildman–Crippen MR) is 129 cm³/mol. The maximum Gasteiger partial charge on any atom is 0.239 e. The lowest BCUT2D eigenvalue weighted by Crippen LogP contribution is -2.42. The maximum absolute atomic E-state index is 13.8. The van der Waals surface area contributed by atoms with E-state index in [0.29, 0.717) is 30.9 Å². The Bertz CT molecular complexity index is 1090. The largest absolute Gasteiger partial charge is 0.357 e. The molecule has 4 rings (SSSR count). The number of allylic oxidation sites excluding steroid dienone is 1. The van der Waals surface area contributed by atoms with Crippen LogP contribution in [0.25, 0.3) is 0 Å². The number of benzene rings is 2. The summed E-state index contributed by atoms with van der Waals surface area (Å²) in [5.74, 6) is -0.0597. The number of ketones is 1. The summed E-state index contributed by atoms with van der Waals surface area (Å²) in [6.07, 6.45) is 1.14. The number of fused-ring (bicyclic) bond motifs is 1. The van der Waals surface area contributed by atoms with E-state index in [2.05, 4.69) is 24.5 Å². The Labute approximate surface area is 195 Å². The Morgan fingerprint density at radius 1 is 1.15 bits per heavy atom. The number of carbonyl (C=O) groups is 2. The van der Waals surface area contributed by atoms with E-state index in [9.17, 15) is 14.0 Å². The van der Waals surface area contributed by atoms with E-state index >= 15 is 0 Å². The first-order chi connectivity index (χ1) is 15.6. The summed E-state index contributed by atoms with van der Waals surface area (Å²) in [4.78, 5) is 28.5. The first-order valence-corrected chi connectivity index (χ1v) is 11.6. The molecule has 6 heteroatoms. The van der Waals surface area contributed by atoms with Crippen molar-refractivity contribution in [3.63, 3.8) is 0 Å². The highest BCUT2D eigenvalue weighted by Gasteiger charge is 2.41. The molecule has 0 saturated heterocycles. The van der Waals surface area contributed by atoms with Crippen LogP contribution in [-0.4, -0.2) is 24.8 Å². The minimum Gasteiger partial charge on any atom is -0.357 e. The highest BCUT2D eigenvalue weighted by Crippen LogP contribution is 2.48. The zero-order valence-corrected chi connectivity index (χ0v) is 19.7. The molecule has 1 unspecified atom stereocenters. The van der Waals surface area contributed by atoms with E-state index in [1.54, 1.807) is 12.1 Å². The molecular formula is C27H32FN3O2. The fourth-order valence-electron chi connectivity index (χ4n) is 4.75. The molecule has 1 aliphatic carbocycles. The predicted octanol–water partition coefficient (Wildman–Crippen LogP) is 5.21. The summed E-state index contributed by atoms with van der Waals surface area (Å²) in [5.41, 5.74) is 3.85. The van der Waals surface area contributed by atoms with Gasteiger partial charge in [0, 0.05) is 24.2 Å². The van der Waals surface area contributed by atoms with Crippen molar-refractivity contribution in [2.24, 2.45) is 11.3 Å². The molecule has 0 aromatic heterocycles. The number of hydrogen-bond acceptors (Lipinski definition) is 4. The molecule has 5 nitrogen and oxygen atoms in total. The number of Topliss-reactive ketones (excluding diaryl/α,β-unsaturated/α-hetero) is 1. The van der Waals surface area contributed by atoms with Crippen molar-refractivity contribution in [1.82, 2.24) is 5.32 Å². The molecule has 1 amide bonds.